The van der Waals surface area contributed by atoms with Gasteiger partial charge in [-0.2, -0.15) is 0 Å². The van der Waals surface area contributed by atoms with Gasteiger partial charge in [0.2, 0.25) is 11.9 Å². The van der Waals surface area contributed by atoms with Crippen LogP contribution in [0.25, 0.3) is 27.3 Å². The molecule has 29 heavy (non-hydrogen) atoms. The summed E-state index contributed by atoms with van der Waals surface area (Å²) in [6, 6.07) is 15.4. The zero-order valence-corrected chi connectivity index (χ0v) is 16.4. The van der Waals surface area contributed by atoms with E-state index in [1.54, 1.807) is 7.11 Å². The summed E-state index contributed by atoms with van der Waals surface area (Å²) >= 11 is 1.51. The first-order valence-corrected chi connectivity index (χ1v) is 9.92. The van der Waals surface area contributed by atoms with Crippen molar-refractivity contribution < 1.29 is 9.53 Å². The number of imidazole rings is 2. The molecule has 2 aromatic carbocycles. The van der Waals surface area contributed by atoms with Gasteiger partial charge < -0.3 is 9.72 Å². The molecule has 7 nitrogen and oxygen atoms in total. The third-order valence-electron chi connectivity index (χ3n) is 4.66. The maximum atomic E-state index is 12.5. The van der Waals surface area contributed by atoms with Gasteiger partial charge in [0, 0.05) is 22.8 Å². The maximum absolute atomic E-state index is 12.5. The maximum Gasteiger partial charge on any atom is 0.232 e. The molecule has 5 aromatic rings. The molecule has 0 saturated carbocycles. The van der Waals surface area contributed by atoms with Gasteiger partial charge in [0.25, 0.3) is 0 Å². The minimum atomic E-state index is -0.136. The van der Waals surface area contributed by atoms with Crippen LogP contribution in [0.3, 0.4) is 0 Å². The van der Waals surface area contributed by atoms with Crippen molar-refractivity contribution in [2.24, 2.45) is 0 Å². The molecule has 0 spiro atoms. The number of ether oxygens (including phenoxy) is 1. The monoisotopic (exact) mass is 403 g/mol. The number of thiazole rings is 1. The fraction of sp³-hybridized carbons (Fsp3) is 0.0952. The summed E-state index contributed by atoms with van der Waals surface area (Å²) in [5, 5.41) is 4.79. The molecule has 1 amide bonds. The van der Waals surface area contributed by atoms with Crippen molar-refractivity contribution in [3.8, 4) is 17.0 Å². The Kier molecular flexibility index (Phi) is 4.25. The van der Waals surface area contributed by atoms with Crippen molar-refractivity contribution in [1.82, 2.24) is 19.4 Å². The first-order valence-electron chi connectivity index (χ1n) is 9.04. The molecule has 8 heteroatoms. The molecule has 0 aliphatic heterocycles. The van der Waals surface area contributed by atoms with Crippen molar-refractivity contribution in [2.75, 3.05) is 12.4 Å². The number of aromatic nitrogens is 4. The lowest BCUT2D eigenvalue weighted by molar-refractivity contribution is -0.115. The number of nitrogens with one attached hydrogen (secondary N) is 2. The van der Waals surface area contributed by atoms with Crippen molar-refractivity contribution in [3.63, 3.8) is 0 Å². The second-order valence-corrected chi connectivity index (χ2v) is 7.40. The average molecular weight is 403 g/mol. The summed E-state index contributed by atoms with van der Waals surface area (Å²) < 4.78 is 7.16. The molecule has 0 aliphatic carbocycles. The Balaban J connectivity index is 1.35. The number of hydrogen-bond acceptors (Lipinski definition) is 5. The van der Waals surface area contributed by atoms with E-state index in [1.165, 1.54) is 11.3 Å². The minimum Gasteiger partial charge on any atom is -0.497 e. The lowest BCUT2D eigenvalue weighted by Crippen LogP contribution is -2.16. The highest BCUT2D eigenvalue weighted by atomic mass is 32.1. The standard InChI is InChI=1S/C21H17N5O2S/c1-28-15-8-6-13(7-9-15)18-11-26-14(12-29-21(26)24-18)10-19(27)25-20-22-16-4-2-3-5-17(16)23-20/h2-9,11-12H,10H2,1H3,(H2,22,23,25,27). The zero-order chi connectivity index (χ0) is 19.8. The number of para-hydroxylation sites is 2. The van der Waals surface area contributed by atoms with Crippen LogP contribution < -0.4 is 10.1 Å². The molecule has 0 aliphatic rings. The first kappa shape index (κ1) is 17.4. The van der Waals surface area contributed by atoms with Crippen LogP contribution >= 0.6 is 11.3 Å². The molecule has 5 rings (SSSR count). The fourth-order valence-corrected chi connectivity index (χ4v) is 4.08. The molecule has 0 bridgehead atoms. The minimum absolute atomic E-state index is 0.136. The van der Waals surface area contributed by atoms with Crippen molar-refractivity contribution in [3.05, 3.63) is 65.8 Å². The van der Waals surface area contributed by atoms with E-state index in [0.717, 1.165) is 38.7 Å². The van der Waals surface area contributed by atoms with Gasteiger partial charge in [0.1, 0.15) is 5.75 Å². The Hall–Kier alpha value is -3.65. The van der Waals surface area contributed by atoms with Crippen LogP contribution in [0, 0.1) is 0 Å². The summed E-state index contributed by atoms with van der Waals surface area (Å²) in [6.45, 7) is 0. The summed E-state index contributed by atoms with van der Waals surface area (Å²) in [6.07, 6.45) is 2.19. The van der Waals surface area contributed by atoms with Crippen molar-refractivity contribution in [1.29, 1.82) is 0 Å². The van der Waals surface area contributed by atoms with Crippen LogP contribution in [0.4, 0.5) is 5.95 Å². The van der Waals surface area contributed by atoms with Gasteiger partial charge in [-0.25, -0.2) is 9.97 Å². The summed E-state index contributed by atoms with van der Waals surface area (Å²) in [5.74, 6) is 1.12. The topological polar surface area (TPSA) is 84.3 Å². The van der Waals surface area contributed by atoms with Crippen molar-refractivity contribution >= 4 is 39.2 Å². The SMILES string of the molecule is COc1ccc(-c2cn3c(CC(=O)Nc4nc5ccccc5[nH]4)csc3n2)cc1. The number of aromatic amines is 1. The smallest absolute Gasteiger partial charge is 0.232 e. The van der Waals surface area contributed by atoms with Crippen LogP contribution in [0.2, 0.25) is 0 Å². The van der Waals surface area contributed by atoms with Crippen LogP contribution in [-0.4, -0.2) is 32.4 Å². The largest absolute Gasteiger partial charge is 0.497 e. The van der Waals surface area contributed by atoms with Gasteiger partial charge in [-0.1, -0.05) is 12.1 Å². The van der Waals surface area contributed by atoms with Gasteiger partial charge in [-0.15, -0.1) is 11.3 Å². The zero-order valence-electron chi connectivity index (χ0n) is 15.5. The molecule has 0 atom stereocenters. The quantitative estimate of drug-likeness (QED) is 0.462. The molecule has 0 radical (unpaired) electrons. The van der Waals surface area contributed by atoms with E-state index >= 15 is 0 Å². The number of hydrogen-bond donors (Lipinski definition) is 2. The number of benzene rings is 2. The van der Waals surface area contributed by atoms with E-state index in [9.17, 15) is 4.79 Å². The van der Waals surface area contributed by atoms with E-state index in [-0.39, 0.29) is 12.3 Å². The molecule has 3 heterocycles. The number of H-pyrrole nitrogens is 1. The van der Waals surface area contributed by atoms with E-state index < -0.39 is 0 Å². The Morgan fingerprint density at radius 2 is 2.00 bits per heavy atom. The van der Waals surface area contributed by atoms with Crippen LogP contribution in [-0.2, 0) is 11.2 Å². The van der Waals surface area contributed by atoms with E-state index in [0.29, 0.717) is 5.95 Å². The van der Waals surface area contributed by atoms with Gasteiger partial charge in [-0.3, -0.25) is 14.5 Å². The molecule has 144 valence electrons. The lowest BCUT2D eigenvalue weighted by Gasteiger charge is -2.01. The number of amides is 1. The molecule has 0 fully saturated rings. The number of carbonyl (C=O) groups is 1. The van der Waals surface area contributed by atoms with Gasteiger partial charge >= 0.3 is 0 Å². The van der Waals surface area contributed by atoms with Crippen LogP contribution in [0.5, 0.6) is 5.75 Å². The number of anilines is 1. The highest BCUT2D eigenvalue weighted by Gasteiger charge is 2.14. The normalized spacial score (nSPS) is 11.2. The van der Waals surface area contributed by atoms with E-state index in [2.05, 4.69) is 20.3 Å². The summed E-state index contributed by atoms with van der Waals surface area (Å²) in [4.78, 5) is 25.5. The predicted molar refractivity (Wildman–Crippen MR) is 113 cm³/mol. The predicted octanol–water partition coefficient (Wildman–Crippen LogP) is 4.13. The number of nitrogens with zero attached hydrogens (tertiary/aromatic N) is 3. The van der Waals surface area contributed by atoms with Gasteiger partial charge in [0.15, 0.2) is 4.96 Å². The number of rotatable bonds is 5. The van der Waals surface area contributed by atoms with Crippen LogP contribution in [0.15, 0.2) is 60.1 Å². The van der Waals surface area contributed by atoms with E-state index in [1.807, 2.05) is 64.5 Å². The molecule has 0 saturated heterocycles. The van der Waals surface area contributed by atoms with Gasteiger partial charge in [0.05, 0.1) is 30.3 Å². The Bertz CT molecular complexity index is 1280. The highest BCUT2D eigenvalue weighted by Crippen LogP contribution is 2.25. The number of methoxy groups -OCH3 is 1. The first-order chi connectivity index (χ1) is 14.2. The second-order valence-electron chi connectivity index (χ2n) is 6.56. The molecular formula is C21H17N5O2S. The Labute approximate surface area is 170 Å². The Morgan fingerprint density at radius 1 is 1.17 bits per heavy atom. The molecule has 3 aromatic heterocycles. The summed E-state index contributed by atoms with van der Waals surface area (Å²) in [5.41, 5.74) is 4.45. The number of fused-ring (bicyclic) bond motifs is 2. The summed E-state index contributed by atoms with van der Waals surface area (Å²) in [7, 11) is 1.64. The fourth-order valence-electron chi connectivity index (χ4n) is 3.21. The highest BCUT2D eigenvalue weighted by molar-refractivity contribution is 7.15. The third-order valence-corrected chi connectivity index (χ3v) is 5.55. The van der Waals surface area contributed by atoms with Crippen molar-refractivity contribution in [2.45, 2.75) is 6.42 Å². The molecule has 2 N–H and O–H groups in total. The second kappa shape index (κ2) is 7.06. The third kappa shape index (κ3) is 3.34. The average Bonchev–Trinajstić information content (AvgIpc) is 3.43. The number of carbonyl (C=O) groups excluding carboxylic acids is 1. The van der Waals surface area contributed by atoms with Gasteiger partial charge in [-0.05, 0) is 36.4 Å². The lowest BCUT2D eigenvalue weighted by atomic mass is 10.2. The Morgan fingerprint density at radius 3 is 2.79 bits per heavy atom. The molecule has 0 unspecified atom stereocenters. The van der Waals surface area contributed by atoms with E-state index in [4.69, 9.17) is 4.74 Å². The van der Waals surface area contributed by atoms with Crippen LogP contribution in [0.1, 0.15) is 5.69 Å². The molecular weight excluding hydrogens is 386 g/mol.